The zero-order valence-corrected chi connectivity index (χ0v) is 40.2. The van der Waals surface area contributed by atoms with Crippen LogP contribution >= 0.6 is 23.2 Å². The molecule has 4 aromatic carbocycles. The number of carboxylic acid groups (broad SMARTS) is 3. The summed E-state index contributed by atoms with van der Waals surface area (Å²) in [5, 5.41) is 47.2. The number of aromatic carboxylic acids is 3. The Labute approximate surface area is 422 Å². The molecule has 5 aromatic rings. The molecule has 3 heterocycles. The van der Waals surface area contributed by atoms with Crippen LogP contribution in [-0.4, -0.2) is 75.8 Å². The average molecular weight is 1020 g/mol. The maximum absolute atomic E-state index is 13.8. The molecule has 2 amide bonds. The van der Waals surface area contributed by atoms with E-state index < -0.39 is 40.7 Å². The van der Waals surface area contributed by atoms with Crippen LogP contribution in [0.25, 0.3) is 66.8 Å². The van der Waals surface area contributed by atoms with E-state index in [1.807, 2.05) is 38.1 Å². The van der Waals surface area contributed by atoms with Gasteiger partial charge >= 0.3 is 17.9 Å². The third-order valence-corrected chi connectivity index (χ3v) is 12.8. The van der Waals surface area contributed by atoms with Gasteiger partial charge in [0.1, 0.15) is 34.1 Å². The van der Waals surface area contributed by atoms with E-state index in [0.29, 0.717) is 50.7 Å². The normalized spacial score (nSPS) is 11.6. The largest absolute Gasteiger partial charge is 0.508 e. The summed E-state index contributed by atoms with van der Waals surface area (Å²) in [6.45, 7) is 1.91. The van der Waals surface area contributed by atoms with Crippen molar-refractivity contribution in [2.45, 2.75) is 20.0 Å². The van der Waals surface area contributed by atoms with Crippen molar-refractivity contribution in [2.75, 3.05) is 25.5 Å². The van der Waals surface area contributed by atoms with Gasteiger partial charge in [-0.25, -0.2) is 14.4 Å². The van der Waals surface area contributed by atoms with E-state index in [0.717, 1.165) is 11.8 Å². The summed E-state index contributed by atoms with van der Waals surface area (Å²) in [4.78, 5) is 88.6. The number of carbonyl (C=O) groups excluding carboxylic acids is 2. The van der Waals surface area contributed by atoms with Crippen LogP contribution < -0.4 is 26.3 Å². The lowest BCUT2D eigenvalue weighted by Crippen LogP contribution is -2.27. The van der Waals surface area contributed by atoms with Crippen molar-refractivity contribution >= 4 is 80.6 Å². The number of hydrogen-bond donors (Lipinski definition) is 6. The molecule has 0 fully saturated rings. The number of halogens is 2. The first-order valence-electron chi connectivity index (χ1n) is 22.2. The number of nitrogens with zero attached hydrogens (tertiary/aromatic N) is 3. The SMILES string of the molecule is CC/N=c1\ccc2c(-c3c(Cl)cc(C(=O)NCc4ccc(C(=O)NCc5c6oc7cc(O)ccc7c(-c7ccc(C(=O)O)cc7C(=O)O)c-6ccc5=O)nc4)c(Cl)c3C(=O)O)c3ccc(N(C)C)cc3oc-2c1. The molecule has 17 nitrogen and oxygen atoms in total. The lowest BCUT2D eigenvalue weighted by Gasteiger charge is -2.21. The van der Waals surface area contributed by atoms with Gasteiger partial charge in [-0.05, 0) is 90.8 Å². The highest BCUT2D eigenvalue weighted by molar-refractivity contribution is 6.41. The van der Waals surface area contributed by atoms with Gasteiger partial charge in [-0.1, -0.05) is 35.3 Å². The van der Waals surface area contributed by atoms with Crippen LogP contribution in [-0.2, 0) is 13.1 Å². The number of carboxylic acids is 3. The molecule has 6 N–H and O–H groups in total. The molecule has 0 spiro atoms. The number of rotatable bonds is 13. The highest BCUT2D eigenvalue weighted by Crippen LogP contribution is 2.47. The number of phenols is 1. The number of amides is 2. The highest BCUT2D eigenvalue weighted by atomic mass is 35.5. The molecule has 2 aliphatic heterocycles. The van der Waals surface area contributed by atoms with E-state index in [2.05, 4.69) is 20.6 Å². The molecule has 2 aliphatic carbocycles. The summed E-state index contributed by atoms with van der Waals surface area (Å²) in [7, 11) is 3.75. The van der Waals surface area contributed by atoms with Gasteiger partial charge in [0.25, 0.3) is 11.8 Å². The van der Waals surface area contributed by atoms with Crippen LogP contribution in [0.15, 0.2) is 128 Å². The quantitative estimate of drug-likeness (QED) is 0.0588. The maximum Gasteiger partial charge on any atom is 0.337 e. The predicted octanol–water partition coefficient (Wildman–Crippen LogP) is 9.43. The summed E-state index contributed by atoms with van der Waals surface area (Å²) in [5.41, 5.74) is 1.61. The molecule has 0 bridgehead atoms. The molecule has 1 aromatic heterocycles. The van der Waals surface area contributed by atoms with Gasteiger partial charge in [-0.2, -0.15) is 0 Å². The van der Waals surface area contributed by atoms with Gasteiger partial charge in [-0.3, -0.25) is 24.4 Å². The minimum atomic E-state index is -1.43. The fraction of sp³-hybridized carbons (Fsp3) is 0.111. The van der Waals surface area contributed by atoms with E-state index in [1.54, 1.807) is 24.3 Å². The number of carbonyl (C=O) groups is 5. The van der Waals surface area contributed by atoms with E-state index in [4.69, 9.17) is 32.0 Å². The second kappa shape index (κ2) is 19.6. The zero-order chi connectivity index (χ0) is 52.0. The Bertz CT molecular complexity index is 3870. The van der Waals surface area contributed by atoms with Gasteiger partial charge < -0.3 is 44.8 Å². The van der Waals surface area contributed by atoms with Crippen LogP contribution in [0.1, 0.15) is 70.0 Å². The number of hydrogen-bond acceptors (Lipinski definition) is 12. The summed E-state index contributed by atoms with van der Waals surface area (Å²) in [5.74, 6) is -5.44. The summed E-state index contributed by atoms with van der Waals surface area (Å²) in [6, 6.07) is 25.4. The van der Waals surface area contributed by atoms with Crippen molar-refractivity contribution in [1.29, 1.82) is 0 Å². The highest BCUT2D eigenvalue weighted by Gasteiger charge is 2.30. The van der Waals surface area contributed by atoms with E-state index in [-0.39, 0.29) is 90.4 Å². The van der Waals surface area contributed by atoms with E-state index in [1.165, 1.54) is 66.9 Å². The third-order valence-electron chi connectivity index (χ3n) is 12.1. The Morgan fingerprint density at radius 1 is 0.685 bits per heavy atom. The Balaban J connectivity index is 0.963. The Morgan fingerprint density at radius 2 is 1.40 bits per heavy atom. The van der Waals surface area contributed by atoms with Crippen LogP contribution in [0.3, 0.4) is 0 Å². The minimum Gasteiger partial charge on any atom is -0.508 e. The van der Waals surface area contributed by atoms with Gasteiger partial charge in [0, 0.05) is 95.9 Å². The molecule has 0 atom stereocenters. The molecule has 73 heavy (non-hydrogen) atoms. The van der Waals surface area contributed by atoms with Crippen LogP contribution in [0.5, 0.6) is 5.75 Å². The second-order valence-corrected chi connectivity index (χ2v) is 17.6. The third kappa shape index (κ3) is 9.25. The predicted molar refractivity (Wildman–Crippen MR) is 272 cm³/mol. The smallest absolute Gasteiger partial charge is 0.337 e. The average Bonchev–Trinajstić information content (AvgIpc) is 3.36. The van der Waals surface area contributed by atoms with Crippen molar-refractivity contribution in [1.82, 2.24) is 15.6 Å². The number of benzene rings is 6. The monoisotopic (exact) mass is 1020 g/mol. The number of aromatic nitrogens is 1. The van der Waals surface area contributed by atoms with Crippen LogP contribution in [0.2, 0.25) is 10.0 Å². The first-order chi connectivity index (χ1) is 34.9. The van der Waals surface area contributed by atoms with Crippen molar-refractivity contribution in [3.8, 4) is 50.7 Å². The van der Waals surface area contributed by atoms with Gasteiger partial charge in [0.05, 0.1) is 49.8 Å². The van der Waals surface area contributed by atoms with Gasteiger partial charge in [0.15, 0.2) is 5.43 Å². The molecule has 4 aliphatic rings. The number of phenolic OH excluding ortho intramolecular Hbond substituents is 1. The number of anilines is 1. The van der Waals surface area contributed by atoms with Crippen molar-refractivity contribution < 1.29 is 53.2 Å². The molecule has 19 heteroatoms. The number of nitrogens with one attached hydrogen (secondary N) is 2. The Kier molecular flexibility index (Phi) is 13.2. The Hall–Kier alpha value is -9.06. The fourth-order valence-electron chi connectivity index (χ4n) is 8.64. The second-order valence-electron chi connectivity index (χ2n) is 16.8. The fourth-order valence-corrected chi connectivity index (χ4v) is 9.26. The number of pyridine rings is 1. The molecule has 0 radical (unpaired) electrons. The van der Waals surface area contributed by atoms with Crippen molar-refractivity contribution in [3.05, 3.63) is 174 Å². The molecule has 0 saturated heterocycles. The zero-order valence-electron chi connectivity index (χ0n) is 38.7. The molecular formula is C54H39Cl2N5O12. The first-order valence-corrected chi connectivity index (χ1v) is 23.0. The Morgan fingerprint density at radius 3 is 2.10 bits per heavy atom. The topological polar surface area (TPSA) is 262 Å². The standard InChI is InChI=1S/C54H39Cl2N5O12/c1-4-57-27-7-11-32-41(18-27)72-42-19-28(61(2)3)8-12-33(42)45(32)46-38(55)21-36(48(56)47(46)54(70)71)50(64)59-23-25-5-15-39(58-22-25)51(65)60-24-37-40(63)16-14-34-44(31-13-9-29(62)20-43(31)73-49(34)37)30-10-6-26(52(66)67)17-35(30)53(68)69/h5-22,62H,4,23-24H2,1-3H3,(H,59,64)(H,60,65)(H,66,67)(H,68,69)(H,70,71)/b57-27+. The van der Waals surface area contributed by atoms with Gasteiger partial charge in [0.2, 0.25) is 0 Å². The van der Waals surface area contributed by atoms with Crippen LogP contribution in [0, 0.1) is 0 Å². The number of fused-ring (bicyclic) bond motifs is 4. The van der Waals surface area contributed by atoms with Crippen LogP contribution in [0.4, 0.5) is 5.69 Å². The molecule has 366 valence electrons. The lowest BCUT2D eigenvalue weighted by atomic mass is 9.88. The van der Waals surface area contributed by atoms with Gasteiger partial charge in [-0.15, -0.1) is 0 Å². The minimum absolute atomic E-state index is 0.0227. The summed E-state index contributed by atoms with van der Waals surface area (Å²) < 4.78 is 12.5. The number of aromatic hydroxyl groups is 1. The molecule has 0 saturated carbocycles. The lowest BCUT2D eigenvalue weighted by molar-refractivity contribution is 0.0682. The summed E-state index contributed by atoms with van der Waals surface area (Å²) in [6.07, 6.45) is 1.33. The molecule has 0 unspecified atom stereocenters. The first kappa shape index (κ1) is 48.9. The molecular weight excluding hydrogens is 982 g/mol. The summed E-state index contributed by atoms with van der Waals surface area (Å²) >= 11 is 13.8. The van der Waals surface area contributed by atoms with E-state index in [9.17, 15) is 49.2 Å². The van der Waals surface area contributed by atoms with Crippen molar-refractivity contribution in [3.63, 3.8) is 0 Å². The van der Waals surface area contributed by atoms with Crippen molar-refractivity contribution in [2.24, 2.45) is 4.99 Å². The maximum atomic E-state index is 13.8. The molecule has 9 rings (SSSR count). The van der Waals surface area contributed by atoms with E-state index >= 15 is 0 Å².